The van der Waals surface area contributed by atoms with Gasteiger partial charge in [0.15, 0.2) is 0 Å². The Hall–Kier alpha value is -1.66. The summed E-state index contributed by atoms with van der Waals surface area (Å²) in [6, 6.07) is 6.19. The third kappa shape index (κ3) is 6.87. The van der Waals surface area contributed by atoms with Crippen LogP contribution in [0.25, 0.3) is 0 Å². The van der Waals surface area contributed by atoms with E-state index in [9.17, 15) is 14.0 Å². The summed E-state index contributed by atoms with van der Waals surface area (Å²) in [5, 5.41) is 10.9. The zero-order valence-corrected chi connectivity index (χ0v) is 12.9. The monoisotopic (exact) mass is 330 g/mol. The van der Waals surface area contributed by atoms with Crippen molar-refractivity contribution >= 4 is 24.3 Å². The molecule has 0 atom stereocenters. The van der Waals surface area contributed by atoms with Gasteiger partial charge in [0.25, 0.3) is 0 Å². The highest BCUT2D eigenvalue weighted by molar-refractivity contribution is 5.85. The van der Waals surface area contributed by atoms with Crippen LogP contribution in [0.1, 0.15) is 18.4 Å². The van der Waals surface area contributed by atoms with Crippen molar-refractivity contribution in [1.29, 1.82) is 0 Å². The summed E-state index contributed by atoms with van der Waals surface area (Å²) >= 11 is 0. The largest absolute Gasteiger partial charge is 0.480 e. The van der Waals surface area contributed by atoms with Gasteiger partial charge in [0.2, 0.25) is 5.91 Å². The first-order valence-electron chi connectivity index (χ1n) is 6.98. The third-order valence-electron chi connectivity index (χ3n) is 3.34. The van der Waals surface area contributed by atoms with Crippen LogP contribution < -0.4 is 5.32 Å². The van der Waals surface area contributed by atoms with Gasteiger partial charge in [-0.15, -0.1) is 12.4 Å². The maximum absolute atomic E-state index is 12.9. The molecule has 0 spiro atoms. The molecule has 22 heavy (non-hydrogen) atoms. The van der Waals surface area contributed by atoms with Crippen LogP contribution in [0.15, 0.2) is 24.3 Å². The lowest BCUT2D eigenvalue weighted by molar-refractivity contribution is -0.138. The Balaban J connectivity index is 0.00000242. The van der Waals surface area contributed by atoms with Gasteiger partial charge in [-0.3, -0.25) is 14.5 Å². The second-order valence-corrected chi connectivity index (χ2v) is 5.41. The fourth-order valence-corrected chi connectivity index (χ4v) is 2.13. The van der Waals surface area contributed by atoms with Gasteiger partial charge in [-0.1, -0.05) is 12.1 Å². The van der Waals surface area contributed by atoms with E-state index in [0.717, 1.165) is 24.9 Å². The van der Waals surface area contributed by atoms with Crippen molar-refractivity contribution in [3.05, 3.63) is 35.6 Å². The van der Waals surface area contributed by atoms with Crippen molar-refractivity contribution in [3.8, 4) is 0 Å². The van der Waals surface area contributed by atoms with Gasteiger partial charge < -0.3 is 10.4 Å². The predicted molar refractivity (Wildman–Crippen MR) is 82.3 cm³/mol. The Morgan fingerprint density at radius 2 is 1.91 bits per heavy atom. The first kappa shape index (κ1) is 18.4. The Morgan fingerprint density at radius 1 is 1.27 bits per heavy atom. The summed E-state index contributed by atoms with van der Waals surface area (Å²) < 4.78 is 12.9. The lowest BCUT2D eigenvalue weighted by Crippen LogP contribution is -2.39. The van der Waals surface area contributed by atoms with E-state index >= 15 is 0 Å². The number of nitrogens with zero attached hydrogens (tertiary/aromatic N) is 1. The average molecular weight is 331 g/mol. The summed E-state index contributed by atoms with van der Waals surface area (Å²) in [5.41, 5.74) is 0.933. The maximum atomic E-state index is 12.9. The Labute approximate surface area is 134 Å². The van der Waals surface area contributed by atoms with E-state index in [1.54, 1.807) is 12.1 Å². The summed E-state index contributed by atoms with van der Waals surface area (Å²) in [6.45, 7) is 1.14. The molecule has 1 aromatic rings. The quantitative estimate of drug-likeness (QED) is 0.760. The van der Waals surface area contributed by atoms with Crippen molar-refractivity contribution < 1.29 is 19.1 Å². The van der Waals surface area contributed by atoms with E-state index in [-0.39, 0.29) is 37.2 Å². The minimum Gasteiger partial charge on any atom is -0.480 e. The molecule has 0 unspecified atom stereocenters. The average Bonchev–Trinajstić information content (AvgIpc) is 3.23. The van der Waals surface area contributed by atoms with E-state index in [4.69, 9.17) is 5.11 Å². The number of carbonyl (C=O) groups excluding carboxylic acids is 1. The summed E-state index contributed by atoms with van der Waals surface area (Å²) in [5.74, 6) is -1.04. The zero-order chi connectivity index (χ0) is 15.2. The fourth-order valence-electron chi connectivity index (χ4n) is 2.13. The molecule has 1 aromatic carbocycles. The van der Waals surface area contributed by atoms with Gasteiger partial charge >= 0.3 is 5.97 Å². The lowest BCUT2D eigenvalue weighted by Gasteiger charge is -2.21. The molecular weight excluding hydrogens is 311 g/mol. The molecule has 0 aromatic heterocycles. The highest BCUT2D eigenvalue weighted by Gasteiger charge is 2.25. The maximum Gasteiger partial charge on any atom is 0.322 e. The van der Waals surface area contributed by atoms with Crippen molar-refractivity contribution in [2.75, 3.05) is 19.6 Å². The van der Waals surface area contributed by atoms with Crippen molar-refractivity contribution in [1.82, 2.24) is 10.2 Å². The van der Waals surface area contributed by atoms with Crippen LogP contribution in [-0.2, 0) is 16.1 Å². The molecule has 122 valence electrons. The number of aliphatic carboxylic acids is 1. The standard InChI is InChI=1S/C15H19FN2O3.ClH/c16-13-5-3-12(4-6-13)9-18(8-11-1-2-11)10-14(19)17-7-15(20)21;/h3-6,11H,1-2,7-10H2,(H,17,19)(H,20,21);1H. The number of amides is 1. The first-order chi connectivity index (χ1) is 10.0. The van der Waals surface area contributed by atoms with Gasteiger partial charge in [-0.05, 0) is 36.5 Å². The van der Waals surface area contributed by atoms with Gasteiger partial charge in [0.1, 0.15) is 12.4 Å². The number of carboxylic acid groups (broad SMARTS) is 1. The highest BCUT2D eigenvalue weighted by Crippen LogP contribution is 2.30. The van der Waals surface area contributed by atoms with Crippen LogP contribution in [0.5, 0.6) is 0 Å². The molecule has 0 radical (unpaired) electrons. The molecule has 1 aliphatic carbocycles. The minimum atomic E-state index is -1.06. The normalized spacial score (nSPS) is 13.5. The van der Waals surface area contributed by atoms with E-state index in [2.05, 4.69) is 5.32 Å². The Bertz CT molecular complexity index is 506. The molecular formula is C15H20ClFN2O3. The fraction of sp³-hybridized carbons (Fsp3) is 0.467. The molecule has 1 aliphatic rings. The van der Waals surface area contributed by atoms with E-state index in [0.29, 0.717) is 12.5 Å². The molecule has 0 heterocycles. The number of halogens is 2. The van der Waals surface area contributed by atoms with Crippen molar-refractivity contribution in [3.63, 3.8) is 0 Å². The zero-order valence-electron chi connectivity index (χ0n) is 12.1. The van der Waals surface area contributed by atoms with Crippen LogP contribution in [0.2, 0.25) is 0 Å². The van der Waals surface area contributed by atoms with Gasteiger partial charge in [-0.2, -0.15) is 0 Å². The number of benzene rings is 1. The minimum absolute atomic E-state index is 0. The molecule has 1 amide bonds. The number of carbonyl (C=O) groups is 2. The molecule has 5 nitrogen and oxygen atoms in total. The number of carboxylic acids is 1. The first-order valence-corrected chi connectivity index (χ1v) is 6.98. The van der Waals surface area contributed by atoms with Gasteiger partial charge in [-0.25, -0.2) is 4.39 Å². The number of rotatable bonds is 8. The smallest absolute Gasteiger partial charge is 0.322 e. The van der Waals surface area contributed by atoms with E-state index in [1.165, 1.54) is 12.1 Å². The van der Waals surface area contributed by atoms with Gasteiger partial charge in [0, 0.05) is 13.1 Å². The Kier molecular flexibility index (Phi) is 7.27. The number of nitrogens with one attached hydrogen (secondary N) is 1. The SMILES string of the molecule is Cl.O=C(O)CNC(=O)CN(Cc1ccc(F)cc1)CC1CC1. The highest BCUT2D eigenvalue weighted by atomic mass is 35.5. The number of hydrogen-bond acceptors (Lipinski definition) is 3. The topological polar surface area (TPSA) is 69.6 Å². The van der Waals surface area contributed by atoms with Crippen molar-refractivity contribution in [2.24, 2.45) is 5.92 Å². The summed E-state index contributed by atoms with van der Waals surface area (Å²) in [7, 11) is 0. The molecule has 0 bridgehead atoms. The third-order valence-corrected chi connectivity index (χ3v) is 3.34. The van der Waals surface area contributed by atoms with Crippen LogP contribution in [0, 0.1) is 11.7 Å². The molecule has 1 fully saturated rings. The molecule has 1 saturated carbocycles. The summed E-state index contributed by atoms with van der Waals surface area (Å²) in [6.07, 6.45) is 2.33. The lowest BCUT2D eigenvalue weighted by atomic mass is 10.2. The van der Waals surface area contributed by atoms with E-state index in [1.807, 2.05) is 4.90 Å². The van der Waals surface area contributed by atoms with Crippen molar-refractivity contribution in [2.45, 2.75) is 19.4 Å². The summed E-state index contributed by atoms with van der Waals surface area (Å²) in [4.78, 5) is 24.1. The molecule has 7 heteroatoms. The van der Waals surface area contributed by atoms with Crippen LogP contribution in [0.4, 0.5) is 4.39 Å². The van der Waals surface area contributed by atoms with Crippen LogP contribution in [-0.4, -0.2) is 41.5 Å². The Morgan fingerprint density at radius 3 is 2.45 bits per heavy atom. The molecule has 0 aliphatic heterocycles. The molecule has 2 N–H and O–H groups in total. The molecule has 0 saturated heterocycles. The van der Waals surface area contributed by atoms with Crippen LogP contribution in [0.3, 0.4) is 0 Å². The second-order valence-electron chi connectivity index (χ2n) is 5.41. The predicted octanol–water partition coefficient (Wildman–Crippen LogP) is 1.66. The molecule has 2 rings (SSSR count). The second kappa shape index (κ2) is 8.70. The number of hydrogen-bond donors (Lipinski definition) is 2. The van der Waals surface area contributed by atoms with E-state index < -0.39 is 5.97 Å². The van der Waals surface area contributed by atoms with Crippen LogP contribution >= 0.6 is 12.4 Å². The van der Waals surface area contributed by atoms with Gasteiger partial charge in [0.05, 0.1) is 6.54 Å².